The molecule has 0 aromatic heterocycles. The van der Waals surface area contributed by atoms with Gasteiger partial charge < -0.3 is 10.4 Å². The molecular formula is C21H23ClN2O3. The maximum absolute atomic E-state index is 12.3. The Bertz CT molecular complexity index is 817. The van der Waals surface area contributed by atoms with Crippen molar-refractivity contribution in [3.63, 3.8) is 0 Å². The highest BCUT2D eigenvalue weighted by Gasteiger charge is 2.24. The van der Waals surface area contributed by atoms with Gasteiger partial charge in [-0.1, -0.05) is 35.9 Å². The standard InChI is InChI=1S/C21H23ClN2O3/c22-18-5-1-3-15(11-18)13-20(25)23-19-6-2-4-16(12-19)14-24-9-7-17(8-10-24)21(26)27/h1-6,11-12,17H,7-10,13-14H2,(H,23,25)(H,26,27). The molecule has 0 spiro atoms. The summed E-state index contributed by atoms with van der Waals surface area (Å²) in [7, 11) is 0. The predicted molar refractivity (Wildman–Crippen MR) is 106 cm³/mol. The van der Waals surface area contributed by atoms with Crippen molar-refractivity contribution >= 4 is 29.2 Å². The van der Waals surface area contributed by atoms with Gasteiger partial charge in [0.2, 0.25) is 5.91 Å². The first kappa shape index (κ1) is 19.4. The van der Waals surface area contributed by atoms with Crippen molar-refractivity contribution in [3.05, 3.63) is 64.7 Å². The fourth-order valence-electron chi connectivity index (χ4n) is 3.38. The highest BCUT2D eigenvalue weighted by atomic mass is 35.5. The zero-order chi connectivity index (χ0) is 19.2. The second-order valence-corrected chi connectivity index (χ2v) is 7.38. The fourth-order valence-corrected chi connectivity index (χ4v) is 3.59. The largest absolute Gasteiger partial charge is 0.481 e. The summed E-state index contributed by atoms with van der Waals surface area (Å²) in [5.74, 6) is -1.01. The zero-order valence-electron chi connectivity index (χ0n) is 15.0. The normalized spacial score (nSPS) is 15.4. The van der Waals surface area contributed by atoms with E-state index in [1.54, 1.807) is 12.1 Å². The molecule has 5 nitrogen and oxygen atoms in total. The van der Waals surface area contributed by atoms with Gasteiger partial charge in [-0.2, -0.15) is 0 Å². The zero-order valence-corrected chi connectivity index (χ0v) is 15.8. The number of carboxylic acids is 1. The number of carbonyl (C=O) groups excluding carboxylic acids is 1. The monoisotopic (exact) mass is 386 g/mol. The lowest BCUT2D eigenvalue weighted by Crippen LogP contribution is -2.35. The lowest BCUT2D eigenvalue weighted by Gasteiger charge is -2.30. The molecule has 0 atom stereocenters. The van der Waals surface area contributed by atoms with Gasteiger partial charge in [0.25, 0.3) is 0 Å². The van der Waals surface area contributed by atoms with Crippen LogP contribution in [0.15, 0.2) is 48.5 Å². The van der Waals surface area contributed by atoms with E-state index in [0.717, 1.165) is 36.4 Å². The van der Waals surface area contributed by atoms with Crippen LogP contribution in [0.1, 0.15) is 24.0 Å². The Morgan fingerprint density at radius 1 is 1.07 bits per heavy atom. The Hall–Kier alpha value is -2.37. The number of rotatable bonds is 6. The Morgan fingerprint density at radius 2 is 1.78 bits per heavy atom. The Balaban J connectivity index is 1.54. The number of amides is 1. The number of nitrogens with zero attached hydrogens (tertiary/aromatic N) is 1. The van der Waals surface area contributed by atoms with Crippen molar-refractivity contribution in [1.82, 2.24) is 4.90 Å². The summed E-state index contributed by atoms with van der Waals surface area (Å²) in [6, 6.07) is 15.1. The minimum absolute atomic E-state index is 0.0864. The average Bonchev–Trinajstić information content (AvgIpc) is 2.62. The van der Waals surface area contributed by atoms with Crippen LogP contribution in [0.25, 0.3) is 0 Å². The van der Waals surface area contributed by atoms with Crippen LogP contribution in [-0.2, 0) is 22.6 Å². The molecule has 6 heteroatoms. The molecule has 0 aliphatic carbocycles. The number of hydrogen-bond acceptors (Lipinski definition) is 3. The van der Waals surface area contributed by atoms with Gasteiger partial charge in [0.05, 0.1) is 12.3 Å². The molecule has 2 N–H and O–H groups in total. The number of piperidine rings is 1. The number of carbonyl (C=O) groups is 2. The van der Waals surface area contributed by atoms with Crippen LogP contribution in [0.5, 0.6) is 0 Å². The molecule has 1 aliphatic heterocycles. The number of likely N-dealkylation sites (tertiary alicyclic amines) is 1. The molecule has 1 aliphatic rings. The number of nitrogens with one attached hydrogen (secondary N) is 1. The van der Waals surface area contributed by atoms with Crippen LogP contribution in [0.3, 0.4) is 0 Å². The number of carboxylic acid groups (broad SMARTS) is 1. The van der Waals surface area contributed by atoms with Crippen molar-refractivity contribution in [2.75, 3.05) is 18.4 Å². The van der Waals surface area contributed by atoms with Gasteiger partial charge in [0.15, 0.2) is 0 Å². The number of hydrogen-bond donors (Lipinski definition) is 2. The second-order valence-electron chi connectivity index (χ2n) is 6.94. The van der Waals surface area contributed by atoms with E-state index in [1.807, 2.05) is 36.4 Å². The van der Waals surface area contributed by atoms with E-state index in [-0.39, 0.29) is 18.2 Å². The van der Waals surface area contributed by atoms with Gasteiger partial charge in [-0.05, 0) is 61.3 Å². The first-order valence-electron chi connectivity index (χ1n) is 9.08. The van der Waals surface area contributed by atoms with Crippen molar-refractivity contribution in [3.8, 4) is 0 Å². The molecule has 1 amide bonds. The van der Waals surface area contributed by atoms with Crippen LogP contribution in [0, 0.1) is 5.92 Å². The maximum Gasteiger partial charge on any atom is 0.306 e. The van der Waals surface area contributed by atoms with Gasteiger partial charge >= 0.3 is 5.97 Å². The maximum atomic E-state index is 12.3. The summed E-state index contributed by atoms with van der Waals surface area (Å²) in [4.78, 5) is 25.6. The summed E-state index contributed by atoms with van der Waals surface area (Å²) in [5.41, 5.74) is 2.74. The van der Waals surface area contributed by atoms with E-state index < -0.39 is 5.97 Å². The van der Waals surface area contributed by atoms with Gasteiger partial charge in [-0.3, -0.25) is 14.5 Å². The molecule has 0 unspecified atom stereocenters. The SMILES string of the molecule is O=C(Cc1cccc(Cl)c1)Nc1cccc(CN2CCC(C(=O)O)CC2)c1. The van der Waals surface area contributed by atoms with Gasteiger partial charge in [-0.15, -0.1) is 0 Å². The van der Waals surface area contributed by atoms with Crippen molar-refractivity contribution < 1.29 is 14.7 Å². The first-order valence-corrected chi connectivity index (χ1v) is 9.46. The summed E-state index contributed by atoms with van der Waals surface area (Å²) in [6.45, 7) is 2.31. The third-order valence-corrected chi connectivity index (χ3v) is 5.04. The smallest absolute Gasteiger partial charge is 0.306 e. The molecule has 1 heterocycles. The minimum Gasteiger partial charge on any atom is -0.481 e. The molecule has 142 valence electrons. The van der Waals surface area contributed by atoms with E-state index in [4.69, 9.17) is 16.7 Å². The molecule has 0 radical (unpaired) electrons. The van der Waals surface area contributed by atoms with Crippen LogP contribution >= 0.6 is 11.6 Å². The molecule has 2 aromatic carbocycles. The molecule has 27 heavy (non-hydrogen) atoms. The van der Waals surface area contributed by atoms with E-state index in [0.29, 0.717) is 17.9 Å². The molecule has 0 bridgehead atoms. The average molecular weight is 387 g/mol. The van der Waals surface area contributed by atoms with Crippen molar-refractivity contribution in [1.29, 1.82) is 0 Å². The Kier molecular flexibility index (Phi) is 6.48. The predicted octanol–water partition coefficient (Wildman–Crippen LogP) is 3.82. The van der Waals surface area contributed by atoms with Crippen molar-refractivity contribution in [2.24, 2.45) is 5.92 Å². The van der Waals surface area contributed by atoms with Crippen LogP contribution in [0.2, 0.25) is 5.02 Å². The summed E-state index contributed by atoms with van der Waals surface area (Å²) >= 11 is 5.96. The third kappa shape index (κ3) is 5.81. The Labute approximate surface area is 163 Å². The van der Waals surface area contributed by atoms with E-state index in [1.165, 1.54) is 0 Å². The lowest BCUT2D eigenvalue weighted by atomic mass is 9.97. The topological polar surface area (TPSA) is 69.6 Å². The van der Waals surface area contributed by atoms with Gasteiger partial charge in [0, 0.05) is 17.3 Å². The highest BCUT2D eigenvalue weighted by Crippen LogP contribution is 2.20. The number of benzene rings is 2. The van der Waals surface area contributed by atoms with Crippen LogP contribution < -0.4 is 5.32 Å². The number of halogens is 1. The Morgan fingerprint density at radius 3 is 2.48 bits per heavy atom. The highest BCUT2D eigenvalue weighted by molar-refractivity contribution is 6.30. The first-order chi connectivity index (χ1) is 13.0. The summed E-state index contributed by atoms with van der Waals surface area (Å²) < 4.78 is 0. The lowest BCUT2D eigenvalue weighted by molar-refractivity contribution is -0.143. The second kappa shape index (κ2) is 9.02. The number of anilines is 1. The molecule has 1 saturated heterocycles. The van der Waals surface area contributed by atoms with Gasteiger partial charge in [0.1, 0.15) is 0 Å². The minimum atomic E-state index is -0.695. The summed E-state index contributed by atoms with van der Waals surface area (Å²) in [5, 5.41) is 12.6. The van der Waals surface area contributed by atoms with E-state index in [9.17, 15) is 9.59 Å². The number of aliphatic carboxylic acids is 1. The molecule has 2 aromatic rings. The van der Waals surface area contributed by atoms with E-state index in [2.05, 4.69) is 10.2 Å². The molecular weight excluding hydrogens is 364 g/mol. The van der Waals surface area contributed by atoms with E-state index >= 15 is 0 Å². The van der Waals surface area contributed by atoms with Crippen LogP contribution in [0.4, 0.5) is 5.69 Å². The molecule has 3 rings (SSSR count). The molecule has 1 fully saturated rings. The molecule has 0 saturated carbocycles. The van der Waals surface area contributed by atoms with Crippen molar-refractivity contribution in [2.45, 2.75) is 25.8 Å². The quantitative estimate of drug-likeness (QED) is 0.791. The fraction of sp³-hybridized carbons (Fsp3) is 0.333. The van der Waals surface area contributed by atoms with Gasteiger partial charge in [-0.25, -0.2) is 0 Å². The summed E-state index contributed by atoms with van der Waals surface area (Å²) in [6.07, 6.45) is 1.64. The third-order valence-electron chi connectivity index (χ3n) is 4.81. The van der Waals surface area contributed by atoms with Crippen LogP contribution in [-0.4, -0.2) is 35.0 Å².